The van der Waals surface area contributed by atoms with E-state index in [1.807, 2.05) is 32.2 Å². The average Bonchev–Trinajstić information content (AvgIpc) is 2.60. The topological polar surface area (TPSA) is 53.4 Å². The maximum Gasteiger partial charge on any atom is 0.303 e. The molecule has 4 heteroatoms. The second-order valence-corrected chi connectivity index (χ2v) is 6.72. The predicted octanol–water partition coefficient (Wildman–Crippen LogP) is 4.36. The Labute approximate surface area is 139 Å². The van der Waals surface area contributed by atoms with Crippen molar-refractivity contribution in [2.45, 2.75) is 58.8 Å². The summed E-state index contributed by atoms with van der Waals surface area (Å²) < 4.78 is 0. The second kappa shape index (κ2) is 8.32. The van der Waals surface area contributed by atoms with Gasteiger partial charge in [0.25, 0.3) is 0 Å². The van der Waals surface area contributed by atoms with Gasteiger partial charge in [0.2, 0.25) is 0 Å². The number of carboxylic acids is 1. The summed E-state index contributed by atoms with van der Waals surface area (Å²) in [5, 5.41) is 8.91. The van der Waals surface area contributed by atoms with Crippen molar-refractivity contribution in [3.63, 3.8) is 0 Å². The van der Waals surface area contributed by atoms with Crippen molar-refractivity contribution in [1.82, 2.24) is 4.98 Å². The first-order chi connectivity index (χ1) is 11.2. The first-order valence-corrected chi connectivity index (χ1v) is 9.05. The second-order valence-electron chi connectivity index (χ2n) is 6.72. The summed E-state index contributed by atoms with van der Waals surface area (Å²) in [6.45, 7) is 6.17. The third kappa shape index (κ3) is 4.69. The van der Waals surface area contributed by atoms with Crippen LogP contribution in [0.4, 0.5) is 5.82 Å². The SMILES string of the molecule is CC.O=C(O)CC1CCC2(CC1)CCN(c1ccccn1)CC2. The van der Waals surface area contributed by atoms with E-state index in [0.29, 0.717) is 17.8 Å². The summed E-state index contributed by atoms with van der Waals surface area (Å²) in [7, 11) is 0. The molecule has 0 bridgehead atoms. The quantitative estimate of drug-likeness (QED) is 0.899. The number of hydrogen-bond acceptors (Lipinski definition) is 3. The van der Waals surface area contributed by atoms with E-state index in [2.05, 4.69) is 16.0 Å². The van der Waals surface area contributed by atoms with Crippen LogP contribution in [0.15, 0.2) is 24.4 Å². The van der Waals surface area contributed by atoms with Gasteiger partial charge in [-0.2, -0.15) is 0 Å². The summed E-state index contributed by atoms with van der Waals surface area (Å²) in [4.78, 5) is 17.6. The highest BCUT2D eigenvalue weighted by atomic mass is 16.4. The Kier molecular flexibility index (Phi) is 6.43. The number of aromatic nitrogens is 1. The number of carboxylic acid groups (broad SMARTS) is 1. The van der Waals surface area contributed by atoms with E-state index in [1.54, 1.807) is 0 Å². The van der Waals surface area contributed by atoms with Gasteiger partial charge in [-0.05, 0) is 62.0 Å². The Balaban J connectivity index is 0.000000924. The molecule has 0 atom stereocenters. The Morgan fingerprint density at radius 2 is 1.87 bits per heavy atom. The van der Waals surface area contributed by atoms with Gasteiger partial charge in [0.15, 0.2) is 0 Å². The Bertz CT molecular complexity index is 471. The summed E-state index contributed by atoms with van der Waals surface area (Å²) in [6, 6.07) is 6.09. The smallest absolute Gasteiger partial charge is 0.303 e. The van der Waals surface area contributed by atoms with Crippen molar-refractivity contribution < 1.29 is 9.90 Å². The van der Waals surface area contributed by atoms with Crippen molar-refractivity contribution in [1.29, 1.82) is 0 Å². The molecule has 4 nitrogen and oxygen atoms in total. The van der Waals surface area contributed by atoms with Gasteiger partial charge in [0.1, 0.15) is 5.82 Å². The molecule has 23 heavy (non-hydrogen) atoms. The fourth-order valence-electron chi connectivity index (χ4n) is 3.99. The van der Waals surface area contributed by atoms with Crippen LogP contribution in [0.5, 0.6) is 0 Å². The average molecular weight is 318 g/mol. The number of pyridine rings is 1. The van der Waals surface area contributed by atoms with Gasteiger partial charge in [0.05, 0.1) is 0 Å². The van der Waals surface area contributed by atoms with Crippen LogP contribution in [0.25, 0.3) is 0 Å². The van der Waals surface area contributed by atoms with Gasteiger partial charge >= 0.3 is 5.97 Å². The number of carbonyl (C=O) groups is 1. The number of hydrogen-bond donors (Lipinski definition) is 1. The van der Waals surface area contributed by atoms with Crippen LogP contribution in [0.1, 0.15) is 58.8 Å². The number of aliphatic carboxylic acids is 1. The van der Waals surface area contributed by atoms with E-state index in [-0.39, 0.29) is 0 Å². The van der Waals surface area contributed by atoms with Crippen LogP contribution in [0, 0.1) is 11.3 Å². The van der Waals surface area contributed by atoms with Crippen molar-refractivity contribution in [3.05, 3.63) is 24.4 Å². The number of anilines is 1. The van der Waals surface area contributed by atoms with Crippen LogP contribution in [-0.2, 0) is 4.79 Å². The zero-order chi connectivity index (χ0) is 16.7. The molecule has 1 saturated heterocycles. The lowest BCUT2D eigenvalue weighted by Crippen LogP contribution is -2.42. The molecule has 2 aliphatic rings. The fraction of sp³-hybridized carbons (Fsp3) is 0.684. The van der Waals surface area contributed by atoms with E-state index in [4.69, 9.17) is 5.11 Å². The highest BCUT2D eigenvalue weighted by Crippen LogP contribution is 2.47. The summed E-state index contributed by atoms with van der Waals surface area (Å²) in [6.07, 6.45) is 9.27. The van der Waals surface area contributed by atoms with Crippen LogP contribution < -0.4 is 4.90 Å². The van der Waals surface area contributed by atoms with Crippen LogP contribution in [0.3, 0.4) is 0 Å². The maximum absolute atomic E-state index is 10.8. The van der Waals surface area contributed by atoms with E-state index >= 15 is 0 Å². The maximum atomic E-state index is 10.8. The molecule has 0 aromatic carbocycles. The summed E-state index contributed by atoms with van der Waals surface area (Å²) >= 11 is 0. The molecular formula is C19H30N2O2. The lowest BCUT2D eigenvalue weighted by molar-refractivity contribution is -0.138. The molecule has 1 aromatic rings. The third-order valence-electron chi connectivity index (χ3n) is 5.43. The Morgan fingerprint density at radius 3 is 2.39 bits per heavy atom. The molecule has 0 amide bonds. The molecule has 1 aromatic heterocycles. The Morgan fingerprint density at radius 1 is 1.22 bits per heavy atom. The predicted molar refractivity (Wildman–Crippen MR) is 93.7 cm³/mol. The fourth-order valence-corrected chi connectivity index (χ4v) is 3.99. The van der Waals surface area contributed by atoms with Crippen LogP contribution in [-0.4, -0.2) is 29.1 Å². The number of nitrogens with zero attached hydrogens (tertiary/aromatic N) is 2. The van der Waals surface area contributed by atoms with E-state index in [1.165, 1.54) is 25.7 Å². The molecule has 1 saturated carbocycles. The zero-order valence-corrected chi connectivity index (χ0v) is 14.5. The van der Waals surface area contributed by atoms with Crippen molar-refractivity contribution >= 4 is 11.8 Å². The van der Waals surface area contributed by atoms with Gasteiger partial charge in [-0.3, -0.25) is 4.79 Å². The lowest BCUT2D eigenvalue weighted by Gasteiger charge is -2.46. The van der Waals surface area contributed by atoms with Crippen molar-refractivity contribution in [2.75, 3.05) is 18.0 Å². The molecule has 0 radical (unpaired) electrons. The minimum Gasteiger partial charge on any atom is -0.481 e. The van der Waals surface area contributed by atoms with Gasteiger partial charge in [-0.1, -0.05) is 19.9 Å². The molecule has 2 heterocycles. The molecule has 0 unspecified atom stereocenters. The molecule has 3 rings (SSSR count). The van der Waals surface area contributed by atoms with E-state index in [9.17, 15) is 4.79 Å². The third-order valence-corrected chi connectivity index (χ3v) is 5.43. The Hall–Kier alpha value is -1.58. The normalized spacial score (nSPS) is 20.7. The van der Waals surface area contributed by atoms with Crippen LogP contribution >= 0.6 is 0 Å². The highest BCUT2D eigenvalue weighted by molar-refractivity contribution is 5.67. The number of rotatable bonds is 3. The molecule has 1 N–H and O–H groups in total. The zero-order valence-electron chi connectivity index (χ0n) is 14.5. The van der Waals surface area contributed by atoms with Gasteiger partial charge in [-0.15, -0.1) is 0 Å². The van der Waals surface area contributed by atoms with E-state index in [0.717, 1.165) is 31.7 Å². The minimum absolute atomic E-state index is 0.357. The first-order valence-electron chi connectivity index (χ1n) is 9.05. The molecular weight excluding hydrogens is 288 g/mol. The van der Waals surface area contributed by atoms with Gasteiger partial charge < -0.3 is 10.0 Å². The first kappa shape index (κ1) is 17.8. The summed E-state index contributed by atoms with van der Waals surface area (Å²) in [5.74, 6) is 0.856. The minimum atomic E-state index is -0.638. The molecule has 1 aliphatic heterocycles. The summed E-state index contributed by atoms with van der Waals surface area (Å²) in [5.41, 5.74) is 0.473. The lowest BCUT2D eigenvalue weighted by atomic mass is 9.65. The molecule has 1 aliphatic carbocycles. The van der Waals surface area contributed by atoms with Crippen molar-refractivity contribution in [3.8, 4) is 0 Å². The molecule has 1 spiro atoms. The van der Waals surface area contributed by atoms with Gasteiger partial charge in [0, 0.05) is 25.7 Å². The largest absolute Gasteiger partial charge is 0.481 e. The van der Waals surface area contributed by atoms with Crippen molar-refractivity contribution in [2.24, 2.45) is 11.3 Å². The standard InChI is InChI=1S/C17H24N2O2.C2H6/c20-16(21)13-14-4-6-17(7-5-14)8-11-19(12-9-17)15-3-1-2-10-18-15;1-2/h1-3,10,14H,4-9,11-13H2,(H,20,21);1-2H3. The molecule has 2 fully saturated rings. The number of piperidine rings is 1. The van der Waals surface area contributed by atoms with Crippen LogP contribution in [0.2, 0.25) is 0 Å². The van der Waals surface area contributed by atoms with Gasteiger partial charge in [-0.25, -0.2) is 4.98 Å². The molecule has 128 valence electrons. The highest BCUT2D eigenvalue weighted by Gasteiger charge is 2.38. The monoisotopic (exact) mass is 318 g/mol. The van der Waals surface area contributed by atoms with E-state index < -0.39 is 5.97 Å².